The predicted molar refractivity (Wildman–Crippen MR) is 82.1 cm³/mol. The summed E-state index contributed by atoms with van der Waals surface area (Å²) in [5, 5.41) is 0.871. The molecule has 0 aliphatic carbocycles. The van der Waals surface area contributed by atoms with Crippen molar-refractivity contribution in [2.24, 2.45) is 0 Å². The van der Waals surface area contributed by atoms with Crippen molar-refractivity contribution < 1.29 is 4.74 Å². The van der Waals surface area contributed by atoms with Crippen LogP contribution in [0.4, 0.5) is 0 Å². The Hall–Kier alpha value is -0.930. The van der Waals surface area contributed by atoms with E-state index in [1.165, 1.54) is 5.56 Å². The fraction of sp³-hybridized carbons (Fsp3) is 0.200. The van der Waals surface area contributed by atoms with Gasteiger partial charge in [-0.1, -0.05) is 40.2 Å². The monoisotopic (exact) mass is 322 g/mol. The van der Waals surface area contributed by atoms with Gasteiger partial charge in [-0.2, -0.15) is 0 Å². The summed E-state index contributed by atoms with van der Waals surface area (Å²) in [5.74, 6) is 1.83. The van der Waals surface area contributed by atoms with Crippen molar-refractivity contribution in [1.82, 2.24) is 0 Å². The van der Waals surface area contributed by atoms with E-state index >= 15 is 0 Å². The summed E-state index contributed by atoms with van der Waals surface area (Å²) in [5.41, 5.74) is 2.42. The standard InChI is InChI=1S/C15H15BrOS/c1-11-9-12(10-16)7-8-13(11)17-14-5-3-4-6-15(14)18-2/h3-9H,10H2,1-2H3. The van der Waals surface area contributed by atoms with E-state index in [0.29, 0.717) is 0 Å². The van der Waals surface area contributed by atoms with Gasteiger partial charge in [-0.25, -0.2) is 0 Å². The van der Waals surface area contributed by atoms with E-state index in [0.717, 1.165) is 27.3 Å². The van der Waals surface area contributed by atoms with Crippen molar-refractivity contribution in [2.45, 2.75) is 17.1 Å². The fourth-order valence-electron chi connectivity index (χ4n) is 1.73. The minimum Gasteiger partial charge on any atom is -0.456 e. The van der Waals surface area contributed by atoms with Crippen LogP contribution >= 0.6 is 27.7 Å². The van der Waals surface area contributed by atoms with Crippen LogP contribution in [0.25, 0.3) is 0 Å². The Morgan fingerprint density at radius 1 is 1.11 bits per heavy atom. The molecule has 2 rings (SSSR count). The van der Waals surface area contributed by atoms with Gasteiger partial charge in [0.25, 0.3) is 0 Å². The second-order valence-corrected chi connectivity index (χ2v) is 5.40. The van der Waals surface area contributed by atoms with Crippen LogP contribution in [0.2, 0.25) is 0 Å². The normalized spacial score (nSPS) is 10.4. The molecule has 0 saturated carbocycles. The van der Waals surface area contributed by atoms with Crippen LogP contribution in [0.3, 0.4) is 0 Å². The zero-order chi connectivity index (χ0) is 13.0. The fourth-order valence-corrected chi connectivity index (χ4v) is 2.61. The highest BCUT2D eigenvalue weighted by Gasteiger charge is 2.06. The summed E-state index contributed by atoms with van der Waals surface area (Å²) in [6.07, 6.45) is 2.06. The zero-order valence-electron chi connectivity index (χ0n) is 10.4. The molecule has 0 aliphatic heterocycles. The number of hydrogen-bond acceptors (Lipinski definition) is 2. The Labute approximate surface area is 121 Å². The predicted octanol–water partition coefficient (Wildman–Crippen LogP) is 5.40. The molecule has 0 amide bonds. The molecule has 3 heteroatoms. The molecule has 2 aromatic rings. The van der Waals surface area contributed by atoms with Crippen molar-refractivity contribution in [3.63, 3.8) is 0 Å². The molecule has 0 bridgehead atoms. The first-order valence-corrected chi connectivity index (χ1v) is 8.05. The van der Waals surface area contributed by atoms with Crippen molar-refractivity contribution in [2.75, 3.05) is 6.26 Å². The first kappa shape index (κ1) is 13.5. The maximum atomic E-state index is 5.99. The van der Waals surface area contributed by atoms with Crippen LogP contribution in [-0.2, 0) is 5.33 Å². The summed E-state index contributed by atoms with van der Waals surface area (Å²) in [6, 6.07) is 14.4. The average Bonchev–Trinajstić information content (AvgIpc) is 2.41. The summed E-state index contributed by atoms with van der Waals surface area (Å²) in [7, 11) is 0. The van der Waals surface area contributed by atoms with Crippen LogP contribution in [0.5, 0.6) is 11.5 Å². The van der Waals surface area contributed by atoms with Crippen molar-refractivity contribution in [1.29, 1.82) is 0 Å². The van der Waals surface area contributed by atoms with E-state index in [1.54, 1.807) is 11.8 Å². The third-order valence-corrected chi connectivity index (χ3v) is 4.11. The Morgan fingerprint density at radius 2 is 1.89 bits per heavy atom. The second-order valence-electron chi connectivity index (χ2n) is 3.99. The first-order valence-electron chi connectivity index (χ1n) is 5.71. The lowest BCUT2D eigenvalue weighted by Gasteiger charge is -2.12. The van der Waals surface area contributed by atoms with E-state index in [2.05, 4.69) is 47.3 Å². The minimum atomic E-state index is 0.871. The summed E-state index contributed by atoms with van der Waals surface area (Å²) in [4.78, 5) is 1.15. The number of para-hydroxylation sites is 1. The number of halogens is 1. The van der Waals surface area contributed by atoms with E-state index in [4.69, 9.17) is 4.74 Å². The second kappa shape index (κ2) is 6.30. The molecule has 2 aromatic carbocycles. The van der Waals surface area contributed by atoms with Gasteiger partial charge in [-0.15, -0.1) is 11.8 Å². The van der Waals surface area contributed by atoms with E-state index in [9.17, 15) is 0 Å². The van der Waals surface area contributed by atoms with Crippen LogP contribution < -0.4 is 4.74 Å². The van der Waals surface area contributed by atoms with Crippen molar-refractivity contribution in [3.05, 3.63) is 53.6 Å². The van der Waals surface area contributed by atoms with E-state index in [-0.39, 0.29) is 0 Å². The first-order chi connectivity index (χ1) is 8.74. The molecular weight excluding hydrogens is 308 g/mol. The molecule has 18 heavy (non-hydrogen) atoms. The van der Waals surface area contributed by atoms with Gasteiger partial charge in [-0.3, -0.25) is 0 Å². The summed E-state index contributed by atoms with van der Waals surface area (Å²) in [6.45, 7) is 2.07. The van der Waals surface area contributed by atoms with Crippen LogP contribution in [0.1, 0.15) is 11.1 Å². The lowest BCUT2D eigenvalue weighted by atomic mass is 10.1. The van der Waals surface area contributed by atoms with Crippen LogP contribution in [0, 0.1) is 6.92 Å². The van der Waals surface area contributed by atoms with Gasteiger partial charge >= 0.3 is 0 Å². The molecule has 0 radical (unpaired) electrons. The minimum absolute atomic E-state index is 0.871. The van der Waals surface area contributed by atoms with Gasteiger partial charge in [0.15, 0.2) is 0 Å². The maximum absolute atomic E-state index is 5.99. The lowest BCUT2D eigenvalue weighted by molar-refractivity contribution is 0.467. The SMILES string of the molecule is CSc1ccccc1Oc1ccc(CBr)cc1C. The number of alkyl halides is 1. The van der Waals surface area contributed by atoms with E-state index < -0.39 is 0 Å². The molecule has 0 fully saturated rings. The van der Waals surface area contributed by atoms with Crippen molar-refractivity contribution >= 4 is 27.7 Å². The van der Waals surface area contributed by atoms with Gasteiger partial charge in [0, 0.05) is 10.2 Å². The molecule has 0 heterocycles. The molecule has 0 aliphatic rings. The molecule has 1 nitrogen and oxygen atoms in total. The molecule has 0 atom stereocenters. The maximum Gasteiger partial charge on any atom is 0.140 e. The highest BCUT2D eigenvalue weighted by molar-refractivity contribution is 9.08. The molecule has 0 aromatic heterocycles. The molecule has 0 unspecified atom stereocenters. The number of ether oxygens (including phenoxy) is 1. The van der Waals surface area contributed by atoms with Gasteiger partial charge in [-0.05, 0) is 42.5 Å². The smallest absolute Gasteiger partial charge is 0.140 e. The number of aryl methyl sites for hydroxylation is 1. The van der Waals surface area contributed by atoms with Gasteiger partial charge < -0.3 is 4.74 Å². The highest BCUT2D eigenvalue weighted by atomic mass is 79.9. The number of rotatable bonds is 4. The largest absolute Gasteiger partial charge is 0.456 e. The molecule has 94 valence electrons. The summed E-state index contributed by atoms with van der Waals surface area (Å²) >= 11 is 5.16. The number of hydrogen-bond donors (Lipinski definition) is 0. The molecule has 0 N–H and O–H groups in total. The van der Waals surface area contributed by atoms with Gasteiger partial charge in [0.05, 0.1) is 0 Å². The Kier molecular flexibility index (Phi) is 4.72. The number of benzene rings is 2. The average molecular weight is 323 g/mol. The van der Waals surface area contributed by atoms with Crippen molar-refractivity contribution in [3.8, 4) is 11.5 Å². The third-order valence-electron chi connectivity index (χ3n) is 2.68. The number of thioether (sulfide) groups is 1. The van der Waals surface area contributed by atoms with Gasteiger partial charge in [0.1, 0.15) is 11.5 Å². The Balaban J connectivity index is 2.28. The summed E-state index contributed by atoms with van der Waals surface area (Å²) < 4.78 is 5.99. The van der Waals surface area contributed by atoms with Crippen LogP contribution in [-0.4, -0.2) is 6.26 Å². The Bertz CT molecular complexity index is 540. The lowest BCUT2D eigenvalue weighted by Crippen LogP contribution is -1.90. The Morgan fingerprint density at radius 3 is 2.56 bits per heavy atom. The third kappa shape index (κ3) is 3.09. The van der Waals surface area contributed by atoms with Crippen LogP contribution in [0.15, 0.2) is 47.4 Å². The molecule has 0 spiro atoms. The topological polar surface area (TPSA) is 9.23 Å². The molecule has 0 saturated heterocycles. The molecular formula is C15H15BrOS. The zero-order valence-corrected chi connectivity index (χ0v) is 12.8. The quantitative estimate of drug-likeness (QED) is 0.550. The highest BCUT2D eigenvalue weighted by Crippen LogP contribution is 2.33. The van der Waals surface area contributed by atoms with E-state index in [1.807, 2.05) is 24.3 Å². The van der Waals surface area contributed by atoms with Gasteiger partial charge in [0.2, 0.25) is 0 Å².